The molecule has 1 aliphatic rings. The third-order valence-corrected chi connectivity index (χ3v) is 4.39. The summed E-state index contributed by atoms with van der Waals surface area (Å²) in [7, 11) is 0. The number of amides is 3. The van der Waals surface area contributed by atoms with Crippen LogP contribution < -0.4 is 16.8 Å². The van der Waals surface area contributed by atoms with Gasteiger partial charge in [-0.2, -0.15) is 0 Å². The summed E-state index contributed by atoms with van der Waals surface area (Å²) in [5, 5.41) is 8.40. The van der Waals surface area contributed by atoms with Crippen molar-refractivity contribution in [2.24, 2.45) is 16.5 Å². The molecule has 1 aromatic rings. The SMILES string of the molecule is C=N.CC(=O)NC/C(N)=C1\CCN(C(N)=O)CC1=NCc1c(F)cccc1Cl. The number of nitrogens with one attached hydrogen (secondary N) is 2. The van der Waals surface area contributed by atoms with Gasteiger partial charge in [0, 0.05) is 29.8 Å². The predicted octanol–water partition coefficient (Wildman–Crippen LogP) is 1.82. The fourth-order valence-corrected chi connectivity index (χ4v) is 2.83. The average Bonchev–Trinajstić information content (AvgIpc) is 2.67. The van der Waals surface area contributed by atoms with E-state index in [0.717, 1.165) is 5.57 Å². The molecule has 1 saturated heterocycles. The molecule has 1 aromatic carbocycles. The number of carbonyl (C=O) groups excluding carboxylic acids is 2. The number of aliphatic imine (C=N–C) groups is 1. The Morgan fingerprint density at radius 2 is 2.07 bits per heavy atom. The number of piperidine rings is 1. The first-order chi connectivity index (χ1) is 13.3. The van der Waals surface area contributed by atoms with E-state index >= 15 is 0 Å². The highest BCUT2D eigenvalue weighted by Crippen LogP contribution is 2.22. The molecular weight excluding hydrogens is 387 g/mol. The Morgan fingerprint density at radius 3 is 2.64 bits per heavy atom. The van der Waals surface area contributed by atoms with Gasteiger partial charge >= 0.3 is 6.03 Å². The van der Waals surface area contributed by atoms with E-state index in [1.807, 2.05) is 0 Å². The number of rotatable bonds is 4. The van der Waals surface area contributed by atoms with Crippen molar-refractivity contribution in [3.63, 3.8) is 0 Å². The van der Waals surface area contributed by atoms with Gasteiger partial charge in [-0.15, -0.1) is 0 Å². The summed E-state index contributed by atoms with van der Waals surface area (Å²) in [6, 6.07) is 3.83. The van der Waals surface area contributed by atoms with Crippen molar-refractivity contribution in [1.82, 2.24) is 10.2 Å². The highest BCUT2D eigenvalue weighted by atomic mass is 35.5. The topological polar surface area (TPSA) is 138 Å². The fourth-order valence-electron chi connectivity index (χ4n) is 2.61. The minimum atomic E-state index is -0.568. The molecule has 0 spiro atoms. The summed E-state index contributed by atoms with van der Waals surface area (Å²) in [4.78, 5) is 28.4. The summed E-state index contributed by atoms with van der Waals surface area (Å²) in [6.07, 6.45) is 0.443. The number of nitrogens with two attached hydrogens (primary N) is 2. The Bertz CT molecular complexity index is 776. The molecule has 0 bridgehead atoms. The molecule has 0 atom stereocenters. The largest absolute Gasteiger partial charge is 0.400 e. The second-order valence-corrected chi connectivity index (χ2v) is 6.29. The monoisotopic (exact) mass is 410 g/mol. The molecule has 0 aromatic heterocycles. The van der Waals surface area contributed by atoms with Gasteiger partial charge in [-0.05, 0) is 30.8 Å². The van der Waals surface area contributed by atoms with Gasteiger partial charge < -0.3 is 27.1 Å². The summed E-state index contributed by atoms with van der Waals surface area (Å²) < 4.78 is 14.0. The Morgan fingerprint density at radius 1 is 1.39 bits per heavy atom. The normalized spacial score (nSPS) is 16.8. The van der Waals surface area contributed by atoms with Gasteiger partial charge in [0.05, 0.1) is 25.3 Å². The smallest absolute Gasteiger partial charge is 0.315 e. The van der Waals surface area contributed by atoms with E-state index in [1.54, 1.807) is 6.07 Å². The lowest BCUT2D eigenvalue weighted by atomic mass is 9.99. The summed E-state index contributed by atoms with van der Waals surface area (Å²) in [5.41, 5.74) is 13.4. The molecule has 1 aliphatic heterocycles. The van der Waals surface area contributed by atoms with Crippen LogP contribution in [0.5, 0.6) is 0 Å². The Labute approximate surface area is 167 Å². The second kappa shape index (κ2) is 11.0. The van der Waals surface area contributed by atoms with Crippen molar-refractivity contribution < 1.29 is 14.0 Å². The molecule has 28 heavy (non-hydrogen) atoms. The van der Waals surface area contributed by atoms with Crippen LogP contribution in [-0.4, -0.2) is 48.9 Å². The molecular formula is C18H24ClFN6O2. The number of hydrogen-bond acceptors (Lipinski definition) is 5. The van der Waals surface area contributed by atoms with Crippen LogP contribution >= 0.6 is 11.6 Å². The molecule has 0 aliphatic carbocycles. The van der Waals surface area contributed by atoms with Gasteiger partial charge in [0.2, 0.25) is 5.91 Å². The Hall–Kier alpha value is -2.94. The number of halogens is 2. The van der Waals surface area contributed by atoms with Crippen LogP contribution in [0.15, 0.2) is 34.5 Å². The lowest BCUT2D eigenvalue weighted by Gasteiger charge is -2.29. The van der Waals surface area contributed by atoms with Crippen LogP contribution in [0.3, 0.4) is 0 Å². The van der Waals surface area contributed by atoms with Crippen LogP contribution in [0.2, 0.25) is 5.02 Å². The van der Waals surface area contributed by atoms with Gasteiger partial charge in [-0.3, -0.25) is 9.79 Å². The summed E-state index contributed by atoms with van der Waals surface area (Å²) >= 11 is 6.03. The van der Waals surface area contributed by atoms with E-state index in [4.69, 9.17) is 28.5 Å². The highest BCUT2D eigenvalue weighted by molar-refractivity contribution is 6.31. The van der Waals surface area contributed by atoms with Crippen molar-refractivity contribution in [3.05, 3.63) is 45.9 Å². The maximum Gasteiger partial charge on any atom is 0.315 e. The van der Waals surface area contributed by atoms with Gasteiger partial charge in [-0.1, -0.05) is 17.7 Å². The quantitative estimate of drug-likeness (QED) is 0.563. The van der Waals surface area contributed by atoms with E-state index in [2.05, 4.69) is 17.0 Å². The maximum atomic E-state index is 14.0. The van der Waals surface area contributed by atoms with Gasteiger partial charge in [-0.25, -0.2) is 9.18 Å². The van der Waals surface area contributed by atoms with Crippen LogP contribution in [-0.2, 0) is 11.3 Å². The van der Waals surface area contributed by atoms with Crippen molar-refractivity contribution >= 4 is 36.0 Å². The lowest BCUT2D eigenvalue weighted by Crippen LogP contribution is -2.45. The molecule has 152 valence electrons. The molecule has 1 fully saturated rings. The summed E-state index contributed by atoms with van der Waals surface area (Å²) in [5.74, 6) is -0.666. The molecule has 0 radical (unpaired) electrons. The zero-order valence-electron chi connectivity index (χ0n) is 15.6. The van der Waals surface area contributed by atoms with Crippen molar-refractivity contribution in [3.8, 4) is 0 Å². The number of urea groups is 1. The third kappa shape index (κ3) is 6.34. The first kappa shape index (κ1) is 23.1. The van der Waals surface area contributed by atoms with Crippen LogP contribution in [0.4, 0.5) is 9.18 Å². The third-order valence-electron chi connectivity index (χ3n) is 4.04. The number of hydrogen-bond donors (Lipinski definition) is 4. The molecule has 2 rings (SSSR count). The Balaban J connectivity index is 0.00000190. The van der Waals surface area contributed by atoms with Gasteiger partial charge in [0.1, 0.15) is 5.82 Å². The first-order valence-electron chi connectivity index (χ1n) is 8.37. The second-order valence-electron chi connectivity index (χ2n) is 5.89. The average molecular weight is 411 g/mol. The standard InChI is InChI=1S/C17H21ClFN5O2.CH3N/c1-10(25)22-8-15(20)11-5-6-24(17(21)26)9-16(11)23-7-12-13(18)3-2-4-14(12)19;1-2/h2-4H,5-9,20H2,1H3,(H2,21,26)(H,22,25);2H,1H2/b15-11-,23-16?;. The molecule has 3 amide bonds. The zero-order valence-corrected chi connectivity index (χ0v) is 16.4. The number of likely N-dealkylation sites (tertiary alicyclic amines) is 1. The van der Waals surface area contributed by atoms with Crippen molar-refractivity contribution in [1.29, 1.82) is 5.41 Å². The van der Waals surface area contributed by atoms with Crippen molar-refractivity contribution in [2.75, 3.05) is 19.6 Å². The van der Waals surface area contributed by atoms with Crippen LogP contribution in [0.25, 0.3) is 0 Å². The van der Waals surface area contributed by atoms with Gasteiger partial charge in [0.15, 0.2) is 0 Å². The number of benzene rings is 1. The lowest BCUT2D eigenvalue weighted by molar-refractivity contribution is -0.118. The molecule has 1 heterocycles. The van der Waals surface area contributed by atoms with E-state index < -0.39 is 11.8 Å². The summed E-state index contributed by atoms with van der Waals surface area (Å²) in [6.45, 7) is 4.62. The van der Waals surface area contributed by atoms with Crippen LogP contribution in [0, 0.1) is 11.2 Å². The van der Waals surface area contributed by atoms with Gasteiger partial charge in [0.25, 0.3) is 0 Å². The van der Waals surface area contributed by atoms with E-state index in [0.29, 0.717) is 24.4 Å². The first-order valence-corrected chi connectivity index (χ1v) is 8.75. The minimum absolute atomic E-state index is 0.00432. The highest BCUT2D eigenvalue weighted by Gasteiger charge is 2.24. The fraction of sp³-hybridized carbons (Fsp3) is 0.333. The Kier molecular flexibility index (Phi) is 9.10. The van der Waals surface area contributed by atoms with Crippen molar-refractivity contribution in [2.45, 2.75) is 19.9 Å². The van der Waals surface area contributed by atoms with E-state index in [9.17, 15) is 14.0 Å². The van der Waals surface area contributed by atoms with E-state index in [-0.39, 0.29) is 36.1 Å². The number of nitrogens with zero attached hydrogens (tertiary/aromatic N) is 2. The zero-order chi connectivity index (χ0) is 21.3. The number of carbonyl (C=O) groups is 2. The number of primary amides is 1. The molecule has 6 N–H and O–H groups in total. The molecule has 8 nitrogen and oxygen atoms in total. The maximum absolute atomic E-state index is 14.0. The van der Waals surface area contributed by atoms with Crippen LogP contribution in [0.1, 0.15) is 18.9 Å². The molecule has 0 unspecified atom stereocenters. The molecule has 0 saturated carbocycles. The minimum Gasteiger partial charge on any atom is -0.400 e. The predicted molar refractivity (Wildman–Crippen MR) is 108 cm³/mol. The molecule has 10 heteroatoms. The van der Waals surface area contributed by atoms with E-state index in [1.165, 1.54) is 24.0 Å².